The maximum Gasteiger partial charge on any atom is 0.113 e. The van der Waals surface area contributed by atoms with Gasteiger partial charge in [-0.05, 0) is 29.0 Å². The minimum absolute atomic E-state index is 0.347. The second kappa shape index (κ2) is 3.12. The van der Waals surface area contributed by atoms with E-state index in [9.17, 15) is 0 Å². The Morgan fingerprint density at radius 1 is 1.57 bits per heavy atom. The maximum absolute atomic E-state index is 6.96. The van der Waals surface area contributed by atoms with Crippen LogP contribution in [0.15, 0.2) is 0 Å². The molecule has 0 bridgehead atoms. The molecule has 0 aromatic rings. The highest BCUT2D eigenvalue weighted by Gasteiger charge is 1.92. The lowest BCUT2D eigenvalue weighted by Gasteiger charge is -1.88. The van der Waals surface area contributed by atoms with E-state index in [1.54, 1.807) is 0 Å². The summed E-state index contributed by atoms with van der Waals surface area (Å²) in [5.41, 5.74) is 0.417. The maximum atomic E-state index is 6.96. The predicted molar refractivity (Wildman–Crippen MR) is 39.8 cm³/mol. The first-order valence-corrected chi connectivity index (χ1v) is 3.08. The van der Waals surface area contributed by atoms with Gasteiger partial charge in [0.2, 0.25) is 0 Å². The van der Waals surface area contributed by atoms with Crippen molar-refractivity contribution in [1.29, 1.82) is 10.8 Å². The number of halogens is 1. The number of hydrogen-bond donors (Lipinski definition) is 2. The minimum Gasteiger partial charge on any atom is -0.303 e. The molecule has 0 fully saturated rings. The Morgan fingerprint density at radius 2 is 2.00 bits per heavy atom. The first-order chi connectivity index (χ1) is 3.18. The Bertz CT molecular complexity index is 97.9. The van der Waals surface area contributed by atoms with Crippen LogP contribution >= 0.6 is 22.6 Å². The zero-order chi connectivity index (χ0) is 5.86. The highest BCUT2D eigenvalue weighted by molar-refractivity contribution is 14.1. The summed E-state index contributed by atoms with van der Waals surface area (Å²) in [5.74, 6) is 0. The molecule has 0 aliphatic heterocycles. The summed E-state index contributed by atoms with van der Waals surface area (Å²) < 4.78 is 0.347. The van der Waals surface area contributed by atoms with E-state index < -0.39 is 0 Å². The summed E-state index contributed by atoms with van der Waals surface area (Å²) in [5, 5.41) is 13.8. The van der Waals surface area contributed by atoms with Crippen LogP contribution in [-0.2, 0) is 0 Å². The fraction of sp³-hybridized carbons (Fsp3) is 0.500. The predicted octanol–water partition coefficient (Wildman–Crippen LogP) is 1.83. The van der Waals surface area contributed by atoms with Crippen molar-refractivity contribution in [3.8, 4) is 0 Å². The Labute approximate surface area is 56.5 Å². The Morgan fingerprint density at radius 3 is 2.00 bits per heavy atom. The molecule has 0 radical (unpaired) electrons. The van der Waals surface area contributed by atoms with Crippen molar-refractivity contribution >= 4 is 32.0 Å². The molecule has 40 valence electrons. The largest absolute Gasteiger partial charge is 0.303 e. The molecule has 0 aliphatic rings. The van der Waals surface area contributed by atoms with Gasteiger partial charge in [-0.1, -0.05) is 6.92 Å². The van der Waals surface area contributed by atoms with Crippen molar-refractivity contribution in [2.24, 2.45) is 0 Å². The standard InChI is InChI=1S/C4H7IN2/c1-2-3(6)4(5)7/h6-7H,2H2,1H3. The van der Waals surface area contributed by atoms with Crippen molar-refractivity contribution < 1.29 is 0 Å². The van der Waals surface area contributed by atoms with Gasteiger partial charge in [0, 0.05) is 0 Å². The van der Waals surface area contributed by atoms with Gasteiger partial charge in [0.25, 0.3) is 0 Å². The van der Waals surface area contributed by atoms with E-state index in [-0.39, 0.29) is 0 Å². The number of nitrogens with one attached hydrogen (secondary N) is 2. The SMILES string of the molecule is CCC(=N)C(=N)I. The summed E-state index contributed by atoms with van der Waals surface area (Å²) >= 11 is 1.83. The summed E-state index contributed by atoms with van der Waals surface area (Å²) in [6, 6.07) is 0. The summed E-state index contributed by atoms with van der Waals surface area (Å²) in [4.78, 5) is 0. The van der Waals surface area contributed by atoms with Gasteiger partial charge in [0.15, 0.2) is 0 Å². The van der Waals surface area contributed by atoms with Crippen molar-refractivity contribution in [1.82, 2.24) is 0 Å². The summed E-state index contributed by atoms with van der Waals surface area (Å²) in [7, 11) is 0. The second-order valence-electron chi connectivity index (χ2n) is 1.15. The molecule has 0 saturated carbocycles. The van der Waals surface area contributed by atoms with E-state index in [1.807, 2.05) is 29.5 Å². The molecule has 0 rings (SSSR count). The Kier molecular flexibility index (Phi) is 3.15. The van der Waals surface area contributed by atoms with Gasteiger partial charge in [-0.15, -0.1) is 0 Å². The second-order valence-corrected chi connectivity index (χ2v) is 2.22. The molecule has 0 aliphatic carbocycles. The fourth-order valence-corrected chi connectivity index (χ4v) is 0.537. The highest BCUT2D eigenvalue weighted by atomic mass is 127. The lowest BCUT2D eigenvalue weighted by molar-refractivity contribution is 1.27. The van der Waals surface area contributed by atoms with Crippen molar-refractivity contribution in [3.05, 3.63) is 0 Å². The monoisotopic (exact) mass is 210 g/mol. The van der Waals surface area contributed by atoms with Crippen LogP contribution in [0, 0.1) is 10.8 Å². The smallest absolute Gasteiger partial charge is 0.113 e. The Hall–Kier alpha value is 0.0700. The molecule has 0 heterocycles. The van der Waals surface area contributed by atoms with E-state index in [0.717, 1.165) is 0 Å². The third-order valence-electron chi connectivity index (χ3n) is 0.619. The number of rotatable bonds is 2. The molecule has 0 unspecified atom stereocenters. The van der Waals surface area contributed by atoms with Gasteiger partial charge in [-0.3, -0.25) is 5.41 Å². The van der Waals surface area contributed by atoms with Gasteiger partial charge in [-0.25, -0.2) is 0 Å². The molecule has 0 aromatic carbocycles. The molecule has 0 saturated heterocycles. The van der Waals surface area contributed by atoms with E-state index in [2.05, 4.69) is 0 Å². The van der Waals surface area contributed by atoms with E-state index in [1.165, 1.54) is 0 Å². The fourth-order valence-electron chi connectivity index (χ4n) is 0.155. The van der Waals surface area contributed by atoms with Crippen LogP contribution in [0.4, 0.5) is 0 Å². The van der Waals surface area contributed by atoms with Crippen LogP contribution in [0.3, 0.4) is 0 Å². The molecule has 2 nitrogen and oxygen atoms in total. The molecule has 2 N–H and O–H groups in total. The molecule has 0 amide bonds. The van der Waals surface area contributed by atoms with Gasteiger partial charge >= 0.3 is 0 Å². The quantitative estimate of drug-likeness (QED) is 0.516. The van der Waals surface area contributed by atoms with E-state index in [4.69, 9.17) is 10.8 Å². The lowest BCUT2D eigenvalue weighted by Crippen LogP contribution is -2.00. The van der Waals surface area contributed by atoms with E-state index >= 15 is 0 Å². The van der Waals surface area contributed by atoms with Gasteiger partial charge in [0.05, 0.1) is 5.71 Å². The normalized spacial score (nSPS) is 8.29. The number of hydrogen-bond acceptors (Lipinski definition) is 2. The minimum atomic E-state index is 0.347. The lowest BCUT2D eigenvalue weighted by atomic mass is 10.3. The van der Waals surface area contributed by atoms with Gasteiger partial charge in [-0.2, -0.15) is 0 Å². The van der Waals surface area contributed by atoms with Crippen molar-refractivity contribution in [3.63, 3.8) is 0 Å². The molecular weight excluding hydrogens is 203 g/mol. The first kappa shape index (κ1) is 7.07. The van der Waals surface area contributed by atoms with Crippen LogP contribution in [0.1, 0.15) is 13.3 Å². The topological polar surface area (TPSA) is 47.7 Å². The average Bonchev–Trinajstić information content (AvgIpc) is 1.65. The average molecular weight is 210 g/mol. The Balaban J connectivity index is 3.58. The van der Waals surface area contributed by atoms with Crippen LogP contribution in [-0.4, -0.2) is 9.43 Å². The molecule has 0 spiro atoms. The van der Waals surface area contributed by atoms with Gasteiger partial charge < -0.3 is 5.41 Å². The van der Waals surface area contributed by atoms with Crippen molar-refractivity contribution in [2.75, 3.05) is 0 Å². The molecule has 0 aromatic heterocycles. The first-order valence-electron chi connectivity index (χ1n) is 2.00. The molecular formula is C4H7IN2. The van der Waals surface area contributed by atoms with Crippen LogP contribution in [0.2, 0.25) is 0 Å². The van der Waals surface area contributed by atoms with Crippen LogP contribution in [0.25, 0.3) is 0 Å². The molecule has 3 heteroatoms. The van der Waals surface area contributed by atoms with Crippen LogP contribution in [0.5, 0.6) is 0 Å². The van der Waals surface area contributed by atoms with E-state index in [0.29, 0.717) is 15.9 Å². The molecule has 7 heavy (non-hydrogen) atoms. The molecule has 0 atom stereocenters. The third-order valence-corrected chi connectivity index (χ3v) is 1.27. The zero-order valence-corrected chi connectivity index (χ0v) is 6.24. The van der Waals surface area contributed by atoms with Crippen molar-refractivity contribution in [2.45, 2.75) is 13.3 Å². The summed E-state index contributed by atoms with van der Waals surface area (Å²) in [6.07, 6.45) is 0.668. The van der Waals surface area contributed by atoms with Crippen LogP contribution < -0.4 is 0 Å². The highest BCUT2D eigenvalue weighted by Crippen LogP contribution is 1.91. The van der Waals surface area contributed by atoms with Gasteiger partial charge in [0.1, 0.15) is 3.72 Å². The zero-order valence-electron chi connectivity index (χ0n) is 4.09. The summed E-state index contributed by atoms with van der Waals surface area (Å²) in [6.45, 7) is 1.87. The third kappa shape index (κ3) is 2.73.